The molecule has 0 radical (unpaired) electrons. The third kappa shape index (κ3) is 4.40. The van der Waals surface area contributed by atoms with Crippen LogP contribution in [0.25, 0.3) is 11.4 Å². The van der Waals surface area contributed by atoms with Crippen molar-refractivity contribution in [1.82, 2.24) is 19.8 Å². The van der Waals surface area contributed by atoms with Crippen LogP contribution in [0.2, 0.25) is 0 Å². The molecule has 29 heavy (non-hydrogen) atoms. The van der Waals surface area contributed by atoms with Crippen molar-refractivity contribution < 1.29 is 14.0 Å². The number of hydrogen-bond acceptors (Lipinski definition) is 5. The van der Waals surface area contributed by atoms with Crippen LogP contribution in [-0.4, -0.2) is 57.9 Å². The zero-order chi connectivity index (χ0) is 20.2. The molecule has 3 amide bonds. The molecule has 4 rings (SSSR count). The van der Waals surface area contributed by atoms with Crippen LogP contribution < -0.4 is 5.32 Å². The molecule has 1 aliphatic rings. The molecule has 0 bridgehead atoms. The molecule has 1 N–H and O–H groups in total. The van der Waals surface area contributed by atoms with E-state index in [1.54, 1.807) is 22.1 Å². The van der Waals surface area contributed by atoms with E-state index < -0.39 is 5.82 Å². The van der Waals surface area contributed by atoms with Crippen molar-refractivity contribution in [3.8, 4) is 11.4 Å². The standard InChI is InChI=1S/C20H18FN5O2S/c21-15-5-3-4-14(12-15)18(27)25-8-10-26(11-9-25)20(28)24-19-23-17(13-29-19)16-6-1-2-7-22-16/h1-7,12-13H,8-11H2,(H,23,24,28). The van der Waals surface area contributed by atoms with Gasteiger partial charge < -0.3 is 9.80 Å². The average molecular weight is 411 g/mol. The summed E-state index contributed by atoms with van der Waals surface area (Å²) in [5, 5.41) is 5.13. The van der Waals surface area contributed by atoms with Crippen LogP contribution in [0.5, 0.6) is 0 Å². The predicted molar refractivity (Wildman–Crippen MR) is 108 cm³/mol. The highest BCUT2D eigenvalue weighted by molar-refractivity contribution is 7.14. The minimum atomic E-state index is -0.442. The first kappa shape index (κ1) is 19.0. The Balaban J connectivity index is 1.32. The Hall–Kier alpha value is -3.33. The Morgan fingerprint density at radius 1 is 1.00 bits per heavy atom. The number of nitrogens with zero attached hydrogens (tertiary/aromatic N) is 4. The maximum atomic E-state index is 13.3. The van der Waals surface area contributed by atoms with E-state index in [9.17, 15) is 14.0 Å². The third-order valence-corrected chi connectivity index (χ3v) is 5.33. The number of piperazine rings is 1. The monoisotopic (exact) mass is 411 g/mol. The summed E-state index contributed by atoms with van der Waals surface area (Å²) in [6, 6.07) is 10.9. The predicted octanol–water partition coefficient (Wildman–Crippen LogP) is 3.33. The van der Waals surface area contributed by atoms with E-state index in [2.05, 4.69) is 15.3 Å². The number of anilines is 1. The number of nitrogens with one attached hydrogen (secondary N) is 1. The molecule has 9 heteroatoms. The maximum Gasteiger partial charge on any atom is 0.323 e. The van der Waals surface area contributed by atoms with Crippen LogP contribution in [0, 0.1) is 5.82 Å². The van der Waals surface area contributed by atoms with Gasteiger partial charge in [-0.2, -0.15) is 0 Å². The van der Waals surface area contributed by atoms with Crippen molar-refractivity contribution in [2.45, 2.75) is 0 Å². The fourth-order valence-corrected chi connectivity index (χ4v) is 3.74. The highest BCUT2D eigenvalue weighted by Gasteiger charge is 2.25. The zero-order valence-electron chi connectivity index (χ0n) is 15.4. The fourth-order valence-electron chi connectivity index (χ4n) is 3.05. The van der Waals surface area contributed by atoms with Crippen molar-refractivity contribution in [3.05, 3.63) is 65.4 Å². The second kappa shape index (κ2) is 8.36. The first-order chi connectivity index (χ1) is 14.1. The number of amides is 3. The topological polar surface area (TPSA) is 78.4 Å². The average Bonchev–Trinajstić information content (AvgIpc) is 3.22. The van der Waals surface area contributed by atoms with Crippen molar-refractivity contribution in [2.24, 2.45) is 0 Å². The SMILES string of the molecule is O=C(Nc1nc(-c2ccccn2)cs1)N1CCN(C(=O)c2cccc(F)c2)CC1. The molecular formula is C20H18FN5O2S. The summed E-state index contributed by atoms with van der Waals surface area (Å²) in [6.07, 6.45) is 1.69. The molecule has 0 saturated carbocycles. The summed E-state index contributed by atoms with van der Waals surface area (Å²) < 4.78 is 13.3. The molecule has 0 spiro atoms. The normalized spacial score (nSPS) is 14.0. The van der Waals surface area contributed by atoms with Gasteiger partial charge in [-0.1, -0.05) is 12.1 Å². The lowest BCUT2D eigenvalue weighted by molar-refractivity contribution is 0.0671. The van der Waals surface area contributed by atoms with Crippen LogP contribution >= 0.6 is 11.3 Å². The number of halogens is 1. The van der Waals surface area contributed by atoms with E-state index in [0.717, 1.165) is 5.69 Å². The minimum Gasteiger partial charge on any atom is -0.335 e. The van der Waals surface area contributed by atoms with Gasteiger partial charge in [0, 0.05) is 43.3 Å². The number of hydrogen-bond donors (Lipinski definition) is 1. The van der Waals surface area contributed by atoms with Gasteiger partial charge in [-0.05, 0) is 30.3 Å². The number of benzene rings is 1. The molecule has 7 nitrogen and oxygen atoms in total. The zero-order valence-corrected chi connectivity index (χ0v) is 16.2. The minimum absolute atomic E-state index is 0.232. The van der Waals surface area contributed by atoms with Gasteiger partial charge in [-0.15, -0.1) is 11.3 Å². The Morgan fingerprint density at radius 2 is 1.79 bits per heavy atom. The molecule has 0 atom stereocenters. The van der Waals surface area contributed by atoms with Crippen molar-refractivity contribution in [2.75, 3.05) is 31.5 Å². The quantitative estimate of drug-likeness (QED) is 0.717. The van der Waals surface area contributed by atoms with Gasteiger partial charge in [0.25, 0.3) is 5.91 Å². The van der Waals surface area contributed by atoms with Gasteiger partial charge in [0.15, 0.2) is 5.13 Å². The molecule has 0 aliphatic carbocycles. The molecule has 3 heterocycles. The van der Waals surface area contributed by atoms with Crippen LogP contribution in [-0.2, 0) is 0 Å². The van der Waals surface area contributed by atoms with E-state index in [1.807, 2.05) is 23.6 Å². The molecule has 1 saturated heterocycles. The first-order valence-electron chi connectivity index (χ1n) is 9.08. The van der Waals surface area contributed by atoms with Crippen molar-refractivity contribution in [1.29, 1.82) is 0 Å². The number of carbonyl (C=O) groups is 2. The van der Waals surface area contributed by atoms with Gasteiger partial charge in [-0.3, -0.25) is 15.1 Å². The molecule has 148 valence electrons. The van der Waals surface area contributed by atoms with Gasteiger partial charge >= 0.3 is 6.03 Å². The van der Waals surface area contributed by atoms with Crippen molar-refractivity contribution >= 4 is 28.4 Å². The van der Waals surface area contributed by atoms with E-state index >= 15 is 0 Å². The smallest absolute Gasteiger partial charge is 0.323 e. The summed E-state index contributed by atoms with van der Waals surface area (Å²) in [5.41, 5.74) is 1.76. The second-order valence-electron chi connectivity index (χ2n) is 6.47. The second-order valence-corrected chi connectivity index (χ2v) is 7.33. The molecule has 1 fully saturated rings. The van der Waals surface area contributed by atoms with Gasteiger partial charge in [-0.25, -0.2) is 14.2 Å². The van der Waals surface area contributed by atoms with E-state index in [1.165, 1.54) is 29.5 Å². The summed E-state index contributed by atoms with van der Waals surface area (Å²) in [6.45, 7) is 1.57. The Kier molecular flexibility index (Phi) is 5.48. The number of aromatic nitrogens is 2. The van der Waals surface area contributed by atoms with E-state index in [0.29, 0.717) is 42.6 Å². The Morgan fingerprint density at radius 3 is 2.52 bits per heavy atom. The highest BCUT2D eigenvalue weighted by Crippen LogP contribution is 2.23. The van der Waals surface area contributed by atoms with Gasteiger partial charge in [0.2, 0.25) is 0 Å². The van der Waals surface area contributed by atoms with Crippen LogP contribution in [0.4, 0.5) is 14.3 Å². The summed E-state index contributed by atoms with van der Waals surface area (Å²) in [5.74, 6) is -0.674. The van der Waals surface area contributed by atoms with Crippen LogP contribution in [0.3, 0.4) is 0 Å². The van der Waals surface area contributed by atoms with Crippen molar-refractivity contribution in [3.63, 3.8) is 0 Å². The number of thiazole rings is 1. The summed E-state index contributed by atoms with van der Waals surface area (Å²) in [7, 11) is 0. The summed E-state index contributed by atoms with van der Waals surface area (Å²) in [4.78, 5) is 36.9. The lowest BCUT2D eigenvalue weighted by Crippen LogP contribution is -2.51. The van der Waals surface area contributed by atoms with E-state index in [-0.39, 0.29) is 11.9 Å². The Bertz CT molecular complexity index is 1020. The molecule has 1 aliphatic heterocycles. The number of urea groups is 1. The molecular weight excluding hydrogens is 393 g/mol. The molecule has 3 aromatic rings. The molecule has 0 unspecified atom stereocenters. The summed E-state index contributed by atoms with van der Waals surface area (Å²) >= 11 is 1.33. The number of pyridine rings is 1. The lowest BCUT2D eigenvalue weighted by atomic mass is 10.2. The largest absolute Gasteiger partial charge is 0.335 e. The fraction of sp³-hybridized carbons (Fsp3) is 0.200. The third-order valence-electron chi connectivity index (χ3n) is 4.57. The van der Waals surface area contributed by atoms with Gasteiger partial charge in [0.05, 0.1) is 5.69 Å². The maximum absolute atomic E-state index is 13.3. The molecule has 1 aromatic carbocycles. The molecule has 2 aromatic heterocycles. The van der Waals surface area contributed by atoms with Gasteiger partial charge in [0.1, 0.15) is 11.5 Å². The number of carbonyl (C=O) groups excluding carboxylic acids is 2. The highest BCUT2D eigenvalue weighted by atomic mass is 32.1. The lowest BCUT2D eigenvalue weighted by Gasteiger charge is -2.34. The first-order valence-corrected chi connectivity index (χ1v) is 9.96. The van der Waals surface area contributed by atoms with Crippen LogP contribution in [0.1, 0.15) is 10.4 Å². The van der Waals surface area contributed by atoms with Crippen LogP contribution in [0.15, 0.2) is 54.0 Å². The van der Waals surface area contributed by atoms with E-state index in [4.69, 9.17) is 0 Å². The number of rotatable bonds is 3. The Labute approximate surface area is 170 Å².